The van der Waals surface area contributed by atoms with Crippen LogP contribution in [0.25, 0.3) is 0 Å². The smallest absolute Gasteiger partial charge is 0.255 e. The summed E-state index contributed by atoms with van der Waals surface area (Å²) in [4.78, 5) is 26.2. The number of halogens is 2. The molecule has 154 valence electrons. The van der Waals surface area contributed by atoms with E-state index in [0.29, 0.717) is 46.4 Å². The third kappa shape index (κ3) is 3.62. The Morgan fingerprint density at radius 2 is 2.07 bits per heavy atom. The molecular formula is C20H19Cl2N7O. The molecule has 1 aromatic carbocycles. The van der Waals surface area contributed by atoms with Gasteiger partial charge in [0.2, 0.25) is 0 Å². The summed E-state index contributed by atoms with van der Waals surface area (Å²) in [5.41, 5.74) is 1.34. The fourth-order valence-corrected chi connectivity index (χ4v) is 4.61. The van der Waals surface area contributed by atoms with E-state index < -0.39 is 0 Å². The van der Waals surface area contributed by atoms with Crippen LogP contribution >= 0.6 is 23.2 Å². The highest BCUT2D eigenvalue weighted by Crippen LogP contribution is 2.35. The molecule has 0 spiro atoms. The highest BCUT2D eigenvalue weighted by Gasteiger charge is 2.45. The van der Waals surface area contributed by atoms with Gasteiger partial charge >= 0.3 is 0 Å². The number of anilines is 2. The van der Waals surface area contributed by atoms with Crippen molar-refractivity contribution in [1.29, 1.82) is 0 Å². The number of hydrogen-bond acceptors (Lipinski definition) is 6. The standard InChI is InChI=1S/C20H19Cl2N7O/c21-16-3-1-2-15(19(16)22)20(30)29-11-13-6-14(29)10-28(13)9-12-7-23-8-18(25-12)26-17-4-5-24-27-17/h1-5,7-8,13-14H,6,9-11H2,(H2,24,25,26,27)/t13-,14-/m1/s1. The maximum Gasteiger partial charge on any atom is 0.255 e. The summed E-state index contributed by atoms with van der Waals surface area (Å²) in [5.74, 6) is 1.28. The number of H-pyrrole nitrogens is 1. The Labute approximate surface area is 183 Å². The van der Waals surface area contributed by atoms with Crippen LogP contribution < -0.4 is 5.32 Å². The fraction of sp³-hybridized carbons (Fsp3) is 0.300. The number of rotatable bonds is 5. The zero-order valence-corrected chi connectivity index (χ0v) is 17.4. The summed E-state index contributed by atoms with van der Waals surface area (Å²) in [6, 6.07) is 7.45. The second-order valence-corrected chi connectivity index (χ2v) is 8.30. The van der Waals surface area contributed by atoms with Gasteiger partial charge in [-0.3, -0.25) is 19.8 Å². The monoisotopic (exact) mass is 443 g/mol. The molecule has 1 amide bonds. The Morgan fingerprint density at radius 1 is 1.17 bits per heavy atom. The summed E-state index contributed by atoms with van der Waals surface area (Å²) in [6.45, 7) is 2.16. The first-order valence-electron chi connectivity index (χ1n) is 9.65. The predicted octanol–water partition coefficient (Wildman–Crippen LogP) is 3.35. The van der Waals surface area contributed by atoms with Crippen molar-refractivity contribution in [1.82, 2.24) is 30.0 Å². The van der Waals surface area contributed by atoms with Gasteiger partial charge < -0.3 is 10.2 Å². The van der Waals surface area contributed by atoms with Crippen LogP contribution in [0.4, 0.5) is 11.6 Å². The van der Waals surface area contributed by atoms with Gasteiger partial charge in [0.1, 0.15) is 5.82 Å². The molecule has 2 N–H and O–H groups in total. The molecular weight excluding hydrogens is 425 g/mol. The molecule has 3 aromatic rings. The van der Waals surface area contributed by atoms with Gasteiger partial charge in [-0.05, 0) is 18.6 Å². The van der Waals surface area contributed by atoms with Crippen LogP contribution in [0.1, 0.15) is 22.5 Å². The molecule has 2 aliphatic heterocycles. The normalized spacial score (nSPS) is 20.7. The van der Waals surface area contributed by atoms with Crippen molar-refractivity contribution in [2.24, 2.45) is 0 Å². The van der Waals surface area contributed by atoms with Gasteiger partial charge in [-0.2, -0.15) is 5.10 Å². The number of aromatic nitrogens is 4. The average molecular weight is 444 g/mol. The Hall–Kier alpha value is -2.68. The lowest BCUT2D eigenvalue weighted by atomic mass is 10.1. The van der Waals surface area contributed by atoms with E-state index in [2.05, 4.69) is 30.4 Å². The van der Waals surface area contributed by atoms with E-state index in [1.165, 1.54) is 0 Å². The van der Waals surface area contributed by atoms with Gasteiger partial charge in [-0.1, -0.05) is 29.3 Å². The number of benzene rings is 1. The van der Waals surface area contributed by atoms with E-state index in [9.17, 15) is 4.79 Å². The van der Waals surface area contributed by atoms with E-state index in [0.717, 1.165) is 18.7 Å². The van der Waals surface area contributed by atoms with Crippen LogP contribution in [0.5, 0.6) is 0 Å². The van der Waals surface area contributed by atoms with Crippen LogP contribution in [-0.4, -0.2) is 61.0 Å². The number of nitrogens with zero attached hydrogens (tertiary/aromatic N) is 5. The van der Waals surface area contributed by atoms with E-state index in [1.54, 1.807) is 36.8 Å². The Kier molecular flexibility index (Phi) is 5.06. The van der Waals surface area contributed by atoms with Gasteiger partial charge in [-0.15, -0.1) is 0 Å². The van der Waals surface area contributed by atoms with Gasteiger partial charge in [-0.25, -0.2) is 4.98 Å². The van der Waals surface area contributed by atoms with Crippen LogP contribution in [0, 0.1) is 0 Å². The zero-order valence-electron chi connectivity index (χ0n) is 15.9. The molecule has 2 atom stereocenters. The molecule has 2 saturated heterocycles. The predicted molar refractivity (Wildman–Crippen MR) is 114 cm³/mol. The highest BCUT2D eigenvalue weighted by molar-refractivity contribution is 6.43. The number of hydrogen-bond donors (Lipinski definition) is 2. The highest BCUT2D eigenvalue weighted by atomic mass is 35.5. The third-order valence-electron chi connectivity index (χ3n) is 5.60. The number of aromatic amines is 1. The van der Waals surface area contributed by atoms with E-state index in [1.807, 2.05) is 11.0 Å². The Morgan fingerprint density at radius 3 is 2.83 bits per heavy atom. The molecule has 2 bridgehead atoms. The Balaban J connectivity index is 1.24. The summed E-state index contributed by atoms with van der Waals surface area (Å²) in [6.07, 6.45) is 6.13. The minimum atomic E-state index is -0.0559. The Bertz CT molecular complexity index is 1070. The first-order chi connectivity index (χ1) is 14.6. The molecule has 30 heavy (non-hydrogen) atoms. The second kappa shape index (κ2) is 7.86. The lowest BCUT2D eigenvalue weighted by Gasteiger charge is -2.34. The van der Waals surface area contributed by atoms with Crippen LogP contribution in [0.15, 0.2) is 42.9 Å². The van der Waals surface area contributed by atoms with Crippen molar-refractivity contribution in [3.8, 4) is 0 Å². The van der Waals surface area contributed by atoms with Crippen LogP contribution in [0.2, 0.25) is 10.0 Å². The van der Waals surface area contributed by atoms with Crippen LogP contribution in [-0.2, 0) is 6.54 Å². The van der Waals surface area contributed by atoms with E-state index in [4.69, 9.17) is 23.2 Å². The zero-order chi connectivity index (χ0) is 20.7. The number of piperazine rings is 1. The van der Waals surface area contributed by atoms with Crippen molar-refractivity contribution in [3.05, 3.63) is 64.2 Å². The molecule has 0 unspecified atom stereocenters. The molecule has 2 fully saturated rings. The first kappa shape index (κ1) is 19.3. The number of likely N-dealkylation sites (tertiary alicyclic amines) is 2. The van der Waals surface area contributed by atoms with Crippen LogP contribution in [0.3, 0.4) is 0 Å². The number of nitrogens with one attached hydrogen (secondary N) is 2. The average Bonchev–Trinajstić information content (AvgIpc) is 3.47. The minimum absolute atomic E-state index is 0.0559. The topological polar surface area (TPSA) is 90.0 Å². The van der Waals surface area contributed by atoms with E-state index >= 15 is 0 Å². The molecule has 2 aliphatic rings. The molecule has 0 radical (unpaired) electrons. The first-order valence-corrected chi connectivity index (χ1v) is 10.4. The number of amides is 1. The second-order valence-electron chi connectivity index (χ2n) is 7.51. The molecule has 5 rings (SSSR count). The van der Waals surface area contributed by atoms with E-state index in [-0.39, 0.29) is 11.9 Å². The minimum Gasteiger partial charge on any atom is -0.333 e. The quantitative estimate of drug-likeness (QED) is 0.628. The largest absolute Gasteiger partial charge is 0.333 e. The summed E-state index contributed by atoms with van der Waals surface area (Å²) in [5, 5.41) is 10.7. The van der Waals surface area contributed by atoms with Gasteiger partial charge in [0.15, 0.2) is 5.82 Å². The number of fused-ring (bicyclic) bond motifs is 2. The molecule has 0 saturated carbocycles. The van der Waals surface area contributed by atoms with Crippen molar-refractivity contribution in [2.75, 3.05) is 18.4 Å². The maximum atomic E-state index is 13.0. The molecule has 10 heteroatoms. The maximum absolute atomic E-state index is 13.0. The van der Waals surface area contributed by atoms with Gasteiger partial charge in [0, 0.05) is 50.2 Å². The molecule has 0 aliphatic carbocycles. The number of carbonyl (C=O) groups is 1. The third-order valence-corrected chi connectivity index (χ3v) is 6.42. The van der Waals surface area contributed by atoms with Crippen molar-refractivity contribution < 1.29 is 4.79 Å². The lowest BCUT2D eigenvalue weighted by Crippen LogP contribution is -2.48. The van der Waals surface area contributed by atoms with Gasteiger partial charge in [0.25, 0.3) is 5.91 Å². The van der Waals surface area contributed by atoms with Gasteiger partial charge in [0.05, 0.1) is 27.5 Å². The molecule has 4 heterocycles. The summed E-state index contributed by atoms with van der Waals surface area (Å²) >= 11 is 12.3. The van der Waals surface area contributed by atoms with Crippen molar-refractivity contribution in [3.63, 3.8) is 0 Å². The van der Waals surface area contributed by atoms with Crippen molar-refractivity contribution in [2.45, 2.75) is 25.0 Å². The SMILES string of the molecule is O=C(c1cccc(Cl)c1Cl)N1C[C@H]2C[C@@H]1CN2Cc1cncc(Nc2cc[nH]n2)n1. The fourth-order valence-electron chi connectivity index (χ4n) is 4.23. The van der Waals surface area contributed by atoms with Crippen molar-refractivity contribution >= 4 is 40.7 Å². The molecule has 8 nitrogen and oxygen atoms in total. The number of carbonyl (C=O) groups excluding carboxylic acids is 1. The lowest BCUT2D eigenvalue weighted by molar-refractivity contribution is 0.0615. The summed E-state index contributed by atoms with van der Waals surface area (Å²) < 4.78 is 0. The summed E-state index contributed by atoms with van der Waals surface area (Å²) in [7, 11) is 0. The molecule has 2 aromatic heterocycles.